The number of nitrogens with one attached hydrogen (secondary N) is 1. The maximum absolute atomic E-state index is 12.2. The van der Waals surface area contributed by atoms with Crippen LogP contribution < -0.4 is 14.8 Å². The highest BCUT2D eigenvalue weighted by Crippen LogP contribution is 2.34. The maximum atomic E-state index is 12.2. The van der Waals surface area contributed by atoms with Gasteiger partial charge in [0.2, 0.25) is 6.79 Å². The van der Waals surface area contributed by atoms with Gasteiger partial charge in [-0.25, -0.2) is 0 Å². The smallest absolute Gasteiger partial charge is 0.251 e. The molecule has 108 valence electrons. The van der Waals surface area contributed by atoms with Crippen molar-refractivity contribution in [3.05, 3.63) is 58.6 Å². The van der Waals surface area contributed by atoms with Crippen molar-refractivity contribution in [2.45, 2.75) is 13.0 Å². The lowest BCUT2D eigenvalue weighted by Crippen LogP contribution is -2.26. The number of ether oxygens (including phenoxy) is 2. The first-order valence-electron chi connectivity index (χ1n) is 6.59. The molecule has 1 amide bonds. The molecule has 2 aromatic rings. The van der Waals surface area contributed by atoms with Crippen molar-refractivity contribution < 1.29 is 14.3 Å². The standard InChI is InChI=1S/C16H14ClNO3/c1-10(11-5-6-14-15(8-11)21-9-20-14)18-16(19)12-3-2-4-13(17)7-12/h2-8,10H,9H2,1H3,(H,18,19)/t10-/m0/s1. The summed E-state index contributed by atoms with van der Waals surface area (Å²) in [6.45, 7) is 2.15. The largest absolute Gasteiger partial charge is 0.454 e. The third-order valence-electron chi connectivity index (χ3n) is 3.33. The molecule has 2 aromatic carbocycles. The summed E-state index contributed by atoms with van der Waals surface area (Å²) in [5.41, 5.74) is 1.49. The quantitative estimate of drug-likeness (QED) is 0.943. The first-order chi connectivity index (χ1) is 10.1. The molecule has 21 heavy (non-hydrogen) atoms. The normalized spacial score (nSPS) is 13.8. The molecule has 0 saturated heterocycles. The van der Waals surface area contributed by atoms with Crippen molar-refractivity contribution >= 4 is 17.5 Å². The summed E-state index contributed by atoms with van der Waals surface area (Å²) in [7, 11) is 0. The zero-order valence-corrected chi connectivity index (χ0v) is 12.2. The van der Waals surface area contributed by atoms with Gasteiger partial charge in [0.05, 0.1) is 6.04 Å². The van der Waals surface area contributed by atoms with Crippen molar-refractivity contribution in [3.63, 3.8) is 0 Å². The predicted molar refractivity (Wildman–Crippen MR) is 79.9 cm³/mol. The minimum atomic E-state index is -0.164. The van der Waals surface area contributed by atoms with Crippen LogP contribution in [0.5, 0.6) is 11.5 Å². The molecule has 1 aliphatic heterocycles. The van der Waals surface area contributed by atoms with Crippen LogP contribution in [-0.4, -0.2) is 12.7 Å². The first-order valence-corrected chi connectivity index (χ1v) is 6.97. The first kappa shape index (κ1) is 13.8. The van der Waals surface area contributed by atoms with Gasteiger partial charge in [-0.05, 0) is 42.8 Å². The Morgan fingerprint density at radius 3 is 2.81 bits per heavy atom. The number of halogens is 1. The molecule has 3 rings (SSSR count). The number of carbonyl (C=O) groups is 1. The molecular weight excluding hydrogens is 290 g/mol. The topological polar surface area (TPSA) is 47.6 Å². The molecule has 1 atom stereocenters. The summed E-state index contributed by atoms with van der Waals surface area (Å²) in [5, 5.41) is 3.48. The van der Waals surface area contributed by atoms with Gasteiger partial charge in [0, 0.05) is 10.6 Å². The Kier molecular flexibility index (Phi) is 3.71. The van der Waals surface area contributed by atoms with Gasteiger partial charge >= 0.3 is 0 Å². The van der Waals surface area contributed by atoms with E-state index in [1.165, 1.54) is 0 Å². The third-order valence-corrected chi connectivity index (χ3v) is 3.57. The number of hydrogen-bond donors (Lipinski definition) is 1. The summed E-state index contributed by atoms with van der Waals surface area (Å²) >= 11 is 5.90. The zero-order chi connectivity index (χ0) is 14.8. The highest BCUT2D eigenvalue weighted by Gasteiger charge is 2.17. The average Bonchev–Trinajstić information content (AvgIpc) is 2.94. The molecule has 4 nitrogen and oxygen atoms in total. The van der Waals surface area contributed by atoms with Gasteiger partial charge in [-0.15, -0.1) is 0 Å². The number of rotatable bonds is 3. The lowest BCUT2D eigenvalue weighted by atomic mass is 10.1. The van der Waals surface area contributed by atoms with Crippen LogP contribution in [0.1, 0.15) is 28.9 Å². The highest BCUT2D eigenvalue weighted by molar-refractivity contribution is 6.30. The Morgan fingerprint density at radius 2 is 2.00 bits per heavy atom. The van der Waals surface area contributed by atoms with Gasteiger partial charge in [-0.3, -0.25) is 4.79 Å². The molecule has 0 aliphatic carbocycles. The number of amides is 1. The Labute approximate surface area is 127 Å². The summed E-state index contributed by atoms with van der Waals surface area (Å²) in [5.74, 6) is 1.27. The number of carbonyl (C=O) groups excluding carboxylic acids is 1. The molecule has 0 spiro atoms. The number of fused-ring (bicyclic) bond motifs is 1. The fraction of sp³-hybridized carbons (Fsp3) is 0.188. The number of benzene rings is 2. The molecule has 0 aromatic heterocycles. The minimum absolute atomic E-state index is 0.147. The van der Waals surface area contributed by atoms with Crippen LogP contribution in [0.15, 0.2) is 42.5 Å². The van der Waals surface area contributed by atoms with Crippen LogP contribution in [0.2, 0.25) is 5.02 Å². The molecular formula is C16H14ClNO3. The van der Waals surface area contributed by atoms with E-state index in [0.29, 0.717) is 16.3 Å². The Balaban J connectivity index is 1.74. The predicted octanol–water partition coefficient (Wildman–Crippen LogP) is 3.56. The molecule has 0 bridgehead atoms. The summed E-state index contributed by atoms with van der Waals surface area (Å²) in [6, 6.07) is 12.4. The van der Waals surface area contributed by atoms with E-state index in [9.17, 15) is 4.79 Å². The molecule has 0 fully saturated rings. The van der Waals surface area contributed by atoms with Crippen LogP contribution in [-0.2, 0) is 0 Å². The van der Waals surface area contributed by atoms with E-state index in [2.05, 4.69) is 5.32 Å². The fourth-order valence-electron chi connectivity index (χ4n) is 2.18. The Hall–Kier alpha value is -2.20. The van der Waals surface area contributed by atoms with Crippen LogP contribution in [0.4, 0.5) is 0 Å². The van der Waals surface area contributed by atoms with Gasteiger partial charge in [-0.2, -0.15) is 0 Å². The molecule has 1 heterocycles. The van der Waals surface area contributed by atoms with Crippen LogP contribution in [0.3, 0.4) is 0 Å². The second-order valence-corrected chi connectivity index (χ2v) is 5.25. The molecule has 1 N–H and O–H groups in total. The van der Waals surface area contributed by atoms with Crippen molar-refractivity contribution in [1.29, 1.82) is 0 Å². The Morgan fingerprint density at radius 1 is 1.19 bits per heavy atom. The average molecular weight is 304 g/mol. The minimum Gasteiger partial charge on any atom is -0.454 e. The summed E-state index contributed by atoms with van der Waals surface area (Å²) < 4.78 is 10.6. The van der Waals surface area contributed by atoms with Gasteiger partial charge in [0.25, 0.3) is 5.91 Å². The lowest BCUT2D eigenvalue weighted by molar-refractivity contribution is 0.0940. The monoisotopic (exact) mass is 303 g/mol. The SMILES string of the molecule is C[C@H](NC(=O)c1cccc(Cl)c1)c1ccc2c(c1)OCO2. The molecule has 5 heteroatoms. The molecule has 1 aliphatic rings. The molecule has 0 saturated carbocycles. The second kappa shape index (κ2) is 5.66. The van der Waals surface area contributed by atoms with Gasteiger partial charge in [-0.1, -0.05) is 23.7 Å². The van der Waals surface area contributed by atoms with Crippen molar-refractivity contribution in [2.75, 3.05) is 6.79 Å². The third kappa shape index (κ3) is 2.95. The number of hydrogen-bond acceptors (Lipinski definition) is 3. The second-order valence-electron chi connectivity index (χ2n) is 4.82. The van der Waals surface area contributed by atoms with E-state index in [0.717, 1.165) is 11.3 Å². The van der Waals surface area contributed by atoms with E-state index in [1.807, 2.05) is 25.1 Å². The van der Waals surface area contributed by atoms with E-state index >= 15 is 0 Å². The Bertz CT molecular complexity index is 687. The van der Waals surface area contributed by atoms with Crippen LogP contribution >= 0.6 is 11.6 Å². The van der Waals surface area contributed by atoms with Gasteiger partial charge in [0.15, 0.2) is 11.5 Å². The lowest BCUT2D eigenvalue weighted by Gasteiger charge is -2.15. The van der Waals surface area contributed by atoms with Crippen LogP contribution in [0, 0.1) is 0 Å². The highest BCUT2D eigenvalue weighted by atomic mass is 35.5. The van der Waals surface area contributed by atoms with Gasteiger partial charge < -0.3 is 14.8 Å². The van der Waals surface area contributed by atoms with Crippen LogP contribution in [0.25, 0.3) is 0 Å². The van der Waals surface area contributed by atoms with Gasteiger partial charge in [0.1, 0.15) is 0 Å². The van der Waals surface area contributed by atoms with E-state index in [4.69, 9.17) is 21.1 Å². The fourth-order valence-corrected chi connectivity index (χ4v) is 2.37. The van der Waals surface area contributed by atoms with E-state index < -0.39 is 0 Å². The molecule has 0 unspecified atom stereocenters. The summed E-state index contributed by atoms with van der Waals surface area (Å²) in [6.07, 6.45) is 0. The van der Waals surface area contributed by atoms with Crippen molar-refractivity contribution in [2.24, 2.45) is 0 Å². The zero-order valence-electron chi connectivity index (χ0n) is 11.4. The van der Waals surface area contributed by atoms with E-state index in [1.54, 1.807) is 24.3 Å². The molecule has 0 radical (unpaired) electrons. The van der Waals surface area contributed by atoms with Crippen molar-refractivity contribution in [3.8, 4) is 11.5 Å². The van der Waals surface area contributed by atoms with E-state index in [-0.39, 0.29) is 18.7 Å². The summed E-state index contributed by atoms with van der Waals surface area (Å²) in [4.78, 5) is 12.2. The van der Waals surface area contributed by atoms with Crippen molar-refractivity contribution in [1.82, 2.24) is 5.32 Å². The maximum Gasteiger partial charge on any atom is 0.251 e.